The number of hydrogen-bond donors (Lipinski definition) is 5. The highest BCUT2D eigenvalue weighted by Crippen LogP contribution is 2.55. The zero-order chi connectivity index (χ0) is 49.6. The van der Waals surface area contributed by atoms with Crippen molar-refractivity contribution in [3.05, 3.63) is 93.8 Å². The van der Waals surface area contributed by atoms with Crippen molar-refractivity contribution >= 4 is 52.3 Å². The van der Waals surface area contributed by atoms with Gasteiger partial charge in [-0.05, 0) is 73.9 Å². The standard InChI is InChI=1S/C51H65ClN8O7S/c1-30(32-13-15-33(16-14-32)42-31(2)56-29-68-42)57-45(64)40-23-36(61)27-60(40)46(65)43(49(3,4)5)58-41(62)28-66-22-12-10-11-21-54-35-18-20-39(55-26-35)44(63)59-47-50(6,7)48(51(47,8)9)67-37-19-17-34(25-53)38(52)24-37/h13-20,24,26,29-30,36,40,43,47-48,54,61H,10-12,21-23,27-28H2,1-9H3,(H,57,64)(H,58,62)(H,59,63)/t30-,36+,40-,43+,47-,48-/m0/s1. The Morgan fingerprint density at radius 3 is 2.34 bits per heavy atom. The Morgan fingerprint density at radius 1 is 1.00 bits per heavy atom. The second-order valence-corrected chi connectivity index (χ2v) is 21.4. The molecular formula is C51H65ClN8O7S. The quantitative estimate of drug-likeness (QED) is 0.0578. The van der Waals surface area contributed by atoms with Gasteiger partial charge in [0.2, 0.25) is 17.7 Å². The van der Waals surface area contributed by atoms with Crippen molar-refractivity contribution in [3.8, 4) is 22.3 Å². The lowest BCUT2D eigenvalue weighted by Crippen LogP contribution is -2.74. The molecule has 15 nitrogen and oxygen atoms in total. The monoisotopic (exact) mass is 968 g/mol. The number of rotatable bonds is 19. The molecule has 1 aliphatic heterocycles. The van der Waals surface area contributed by atoms with Crippen molar-refractivity contribution in [1.82, 2.24) is 30.8 Å². The third-order valence-corrected chi connectivity index (χ3v) is 14.3. The Bertz CT molecular complexity index is 2450. The highest BCUT2D eigenvalue weighted by atomic mass is 35.5. The Labute approximate surface area is 408 Å². The van der Waals surface area contributed by atoms with Crippen LogP contribution in [-0.4, -0.2) is 100 Å². The first-order valence-corrected chi connectivity index (χ1v) is 24.4. The van der Waals surface area contributed by atoms with Gasteiger partial charge >= 0.3 is 0 Å². The van der Waals surface area contributed by atoms with E-state index in [9.17, 15) is 29.5 Å². The van der Waals surface area contributed by atoms with E-state index in [0.29, 0.717) is 41.6 Å². The zero-order valence-corrected chi connectivity index (χ0v) is 42.0. The van der Waals surface area contributed by atoms with Crippen LogP contribution < -0.4 is 26.0 Å². The smallest absolute Gasteiger partial charge is 0.270 e. The summed E-state index contributed by atoms with van der Waals surface area (Å²) in [7, 11) is 0. The van der Waals surface area contributed by atoms with E-state index >= 15 is 0 Å². The summed E-state index contributed by atoms with van der Waals surface area (Å²) in [5.41, 5.74) is 4.68. The Hall–Kier alpha value is -5.60. The number of aliphatic hydroxyl groups is 1. The molecule has 6 rings (SSSR count). The van der Waals surface area contributed by atoms with Crippen LogP contribution in [0.1, 0.15) is 114 Å². The summed E-state index contributed by atoms with van der Waals surface area (Å²) in [4.78, 5) is 65.3. The fourth-order valence-corrected chi connectivity index (χ4v) is 10.6. The number of amides is 4. The first-order chi connectivity index (χ1) is 32.1. The van der Waals surface area contributed by atoms with E-state index < -0.39 is 46.2 Å². The molecule has 364 valence electrons. The largest absolute Gasteiger partial charge is 0.489 e. The molecule has 0 spiro atoms. The van der Waals surface area contributed by atoms with E-state index in [0.717, 1.165) is 40.2 Å². The molecule has 1 saturated carbocycles. The molecule has 0 radical (unpaired) electrons. The van der Waals surface area contributed by atoms with Crippen LogP contribution >= 0.6 is 22.9 Å². The highest BCUT2D eigenvalue weighted by molar-refractivity contribution is 7.13. The summed E-state index contributed by atoms with van der Waals surface area (Å²) in [5, 5.41) is 32.5. The number of nitriles is 1. The number of nitrogens with zero attached hydrogens (tertiary/aromatic N) is 4. The number of likely N-dealkylation sites (tertiary alicyclic amines) is 1. The summed E-state index contributed by atoms with van der Waals surface area (Å²) in [6.07, 6.45) is 3.00. The van der Waals surface area contributed by atoms with Gasteiger partial charge in [0.05, 0.1) is 50.7 Å². The van der Waals surface area contributed by atoms with E-state index in [1.807, 2.05) is 98.2 Å². The number of hydrogen-bond acceptors (Lipinski definition) is 12. The number of aliphatic hydroxyl groups excluding tert-OH is 1. The van der Waals surface area contributed by atoms with Gasteiger partial charge < -0.3 is 40.7 Å². The van der Waals surface area contributed by atoms with E-state index in [-0.39, 0.29) is 49.6 Å². The first kappa shape index (κ1) is 51.8. The van der Waals surface area contributed by atoms with E-state index in [2.05, 4.69) is 37.3 Å². The number of β-amino-alcohol motifs (C(OH)–C–C–N with tert-alkyl or cyclic N) is 1. The topological polar surface area (TPSA) is 208 Å². The molecule has 0 bridgehead atoms. The number of anilines is 1. The molecule has 5 N–H and O–H groups in total. The number of carbonyl (C=O) groups excluding carboxylic acids is 4. The predicted molar refractivity (Wildman–Crippen MR) is 263 cm³/mol. The molecule has 4 atom stereocenters. The first-order valence-electron chi connectivity index (χ1n) is 23.1. The third-order valence-electron chi connectivity index (χ3n) is 13.0. The van der Waals surface area contributed by atoms with Gasteiger partial charge in [-0.2, -0.15) is 5.26 Å². The van der Waals surface area contributed by atoms with Gasteiger partial charge in [-0.15, -0.1) is 11.3 Å². The summed E-state index contributed by atoms with van der Waals surface area (Å²) in [6.45, 7) is 18.3. The summed E-state index contributed by atoms with van der Waals surface area (Å²) >= 11 is 7.81. The molecule has 17 heteroatoms. The molecule has 4 amide bonds. The lowest BCUT2D eigenvalue weighted by molar-refractivity contribution is -0.164. The number of aromatic nitrogens is 2. The van der Waals surface area contributed by atoms with E-state index in [1.165, 1.54) is 4.90 Å². The van der Waals surface area contributed by atoms with E-state index in [1.54, 1.807) is 41.8 Å². The summed E-state index contributed by atoms with van der Waals surface area (Å²) in [5.74, 6) is -0.958. The van der Waals surface area contributed by atoms with Crippen molar-refractivity contribution < 1.29 is 33.8 Å². The number of ether oxygens (including phenoxy) is 2. The van der Waals surface area contributed by atoms with Crippen molar-refractivity contribution in [3.63, 3.8) is 0 Å². The Kier molecular flexibility index (Phi) is 16.6. The molecule has 2 aromatic carbocycles. The van der Waals surface area contributed by atoms with Gasteiger partial charge in [0, 0.05) is 49.1 Å². The molecule has 0 unspecified atom stereocenters. The minimum absolute atomic E-state index is 0.0169. The average molecular weight is 970 g/mol. The predicted octanol–water partition coefficient (Wildman–Crippen LogP) is 7.62. The molecule has 1 aliphatic carbocycles. The van der Waals surface area contributed by atoms with Gasteiger partial charge in [0.25, 0.3) is 5.91 Å². The van der Waals surface area contributed by atoms with Crippen LogP contribution in [0, 0.1) is 34.5 Å². The minimum Gasteiger partial charge on any atom is -0.489 e. The van der Waals surface area contributed by atoms with Crippen LogP contribution in [0.4, 0.5) is 5.69 Å². The van der Waals surface area contributed by atoms with Crippen molar-refractivity contribution in [2.24, 2.45) is 16.2 Å². The van der Waals surface area contributed by atoms with Gasteiger partial charge in [-0.3, -0.25) is 19.2 Å². The highest BCUT2D eigenvalue weighted by Gasteiger charge is 2.64. The zero-order valence-electron chi connectivity index (χ0n) is 40.4. The van der Waals surface area contributed by atoms with Crippen LogP contribution in [0.15, 0.2) is 66.3 Å². The second-order valence-electron chi connectivity index (χ2n) is 20.2. The molecule has 2 fully saturated rings. The molecule has 1 saturated heterocycles. The average Bonchev–Trinajstić information content (AvgIpc) is 3.91. The lowest BCUT2D eigenvalue weighted by atomic mass is 9.49. The molecular weight excluding hydrogens is 904 g/mol. The van der Waals surface area contributed by atoms with Crippen molar-refractivity contribution in [2.45, 2.75) is 124 Å². The number of benzene rings is 2. The van der Waals surface area contributed by atoms with Gasteiger partial charge in [-0.1, -0.05) is 84.3 Å². The number of thiazole rings is 1. The van der Waals surface area contributed by atoms with Crippen molar-refractivity contribution in [2.75, 3.05) is 31.6 Å². The maximum absolute atomic E-state index is 14.1. The Morgan fingerprint density at radius 2 is 1.72 bits per heavy atom. The van der Waals surface area contributed by atoms with Crippen molar-refractivity contribution in [1.29, 1.82) is 5.26 Å². The number of halogens is 1. The number of aryl methyl sites for hydroxylation is 1. The molecule has 3 heterocycles. The number of nitrogens with one attached hydrogen (secondary N) is 4. The second kappa shape index (κ2) is 21.8. The van der Waals surface area contributed by atoms with Crippen LogP contribution in [0.2, 0.25) is 5.02 Å². The summed E-state index contributed by atoms with van der Waals surface area (Å²) < 4.78 is 12.0. The fraction of sp³-hybridized carbons (Fsp3) is 0.510. The normalized spacial score (nSPS) is 20.3. The molecule has 2 aliphatic rings. The minimum atomic E-state index is -0.957. The van der Waals surface area contributed by atoms with Crippen LogP contribution in [0.5, 0.6) is 5.75 Å². The Balaban J connectivity index is 0.887. The maximum atomic E-state index is 14.1. The number of pyridine rings is 1. The van der Waals surface area contributed by atoms with Crippen LogP contribution in [0.25, 0.3) is 10.4 Å². The number of carbonyl (C=O) groups is 4. The third kappa shape index (κ3) is 12.2. The lowest BCUT2D eigenvalue weighted by Gasteiger charge is -2.63. The van der Waals surface area contributed by atoms with E-state index in [4.69, 9.17) is 21.1 Å². The van der Waals surface area contributed by atoms with Gasteiger partial charge in [-0.25, -0.2) is 9.97 Å². The van der Waals surface area contributed by atoms with Gasteiger partial charge in [0.15, 0.2) is 0 Å². The summed E-state index contributed by atoms with van der Waals surface area (Å²) in [6, 6.07) is 16.1. The van der Waals surface area contributed by atoms with Gasteiger partial charge in [0.1, 0.15) is 42.3 Å². The molecule has 2 aromatic heterocycles. The number of unbranched alkanes of at least 4 members (excludes halogenated alkanes) is 2. The maximum Gasteiger partial charge on any atom is 0.270 e. The fourth-order valence-electron chi connectivity index (χ4n) is 9.56. The van der Waals surface area contributed by atoms with Crippen LogP contribution in [-0.2, 0) is 19.1 Å². The molecule has 68 heavy (non-hydrogen) atoms. The molecule has 4 aromatic rings. The SMILES string of the molecule is Cc1ncsc1-c1ccc([C@H](C)NC(=O)[C@@H]2C[C@@H](O)CN2C(=O)[C@@H](NC(=O)COCCCCCNc2ccc(C(=O)N[C@H]3C(C)(C)[C@H](Oc4ccc(C#N)c(Cl)c4)C3(C)C)nc2)C(C)(C)C)cc1. The van der Waals surface area contributed by atoms with Crippen LogP contribution in [0.3, 0.4) is 0 Å².